The van der Waals surface area contributed by atoms with Gasteiger partial charge in [-0.15, -0.1) is 0 Å². The van der Waals surface area contributed by atoms with E-state index in [9.17, 15) is 19.7 Å². The summed E-state index contributed by atoms with van der Waals surface area (Å²) >= 11 is 0. The number of nitrogens with one attached hydrogen (secondary N) is 2. The molecule has 2 aromatic carbocycles. The van der Waals surface area contributed by atoms with Crippen LogP contribution < -0.4 is 10.6 Å². The monoisotopic (exact) mass is 539 g/mol. The molecule has 212 valence electrons. The van der Waals surface area contributed by atoms with E-state index in [1.54, 1.807) is 0 Å². The lowest BCUT2D eigenvalue weighted by molar-refractivity contribution is -0.535. The predicted molar refractivity (Wildman–Crippen MR) is 148 cm³/mol. The van der Waals surface area contributed by atoms with E-state index in [4.69, 9.17) is 4.74 Å². The lowest BCUT2D eigenvalue weighted by Crippen LogP contribution is -2.51. The van der Waals surface area contributed by atoms with Crippen LogP contribution >= 0.6 is 0 Å². The van der Waals surface area contributed by atoms with Crippen LogP contribution in [0.1, 0.15) is 63.1 Å². The predicted octanol–water partition coefficient (Wildman–Crippen LogP) is 4.44. The van der Waals surface area contributed by atoms with Crippen molar-refractivity contribution in [2.45, 2.75) is 76.8 Å². The van der Waals surface area contributed by atoms with E-state index < -0.39 is 30.1 Å². The molecule has 39 heavy (non-hydrogen) atoms. The fourth-order valence-electron chi connectivity index (χ4n) is 5.32. The number of ether oxygens (including phenoxy) is 2. The number of hydrogen-bond acceptors (Lipinski definition) is 7. The largest absolute Gasteiger partial charge is 0.469 e. The van der Waals surface area contributed by atoms with Crippen LogP contribution in [0.2, 0.25) is 0 Å². The number of rotatable bonds is 15. The van der Waals surface area contributed by atoms with E-state index in [0.717, 1.165) is 24.0 Å². The van der Waals surface area contributed by atoms with E-state index >= 15 is 0 Å². The van der Waals surface area contributed by atoms with Crippen LogP contribution in [0.15, 0.2) is 60.7 Å². The molecule has 0 bridgehead atoms. The maximum Gasteiger partial charge on any atom is 0.305 e. The van der Waals surface area contributed by atoms with Gasteiger partial charge in [0.05, 0.1) is 31.8 Å². The SMILES string of the molecule is CC[C@H](C)C(OCc1ccccc1)C1C([N+](=O)[O-])[C@H](c2ccccc2)N[C@@H]1C(=O)NCCCCCC(=O)OC. The molecule has 1 heterocycles. The zero-order valence-corrected chi connectivity index (χ0v) is 23.1. The summed E-state index contributed by atoms with van der Waals surface area (Å²) in [4.78, 5) is 37.2. The summed E-state index contributed by atoms with van der Waals surface area (Å²) in [6.07, 6.45) is 2.72. The third-order valence-electron chi connectivity index (χ3n) is 7.62. The molecular formula is C30H41N3O6. The lowest BCUT2D eigenvalue weighted by Gasteiger charge is -2.32. The maximum absolute atomic E-state index is 13.6. The van der Waals surface area contributed by atoms with Gasteiger partial charge in [-0.05, 0) is 29.9 Å². The number of hydrogen-bond donors (Lipinski definition) is 2. The number of esters is 1. The van der Waals surface area contributed by atoms with Crippen molar-refractivity contribution in [3.8, 4) is 0 Å². The molecule has 1 aliphatic heterocycles. The molecule has 0 saturated carbocycles. The van der Waals surface area contributed by atoms with Crippen molar-refractivity contribution in [3.63, 3.8) is 0 Å². The molecule has 0 aliphatic carbocycles. The van der Waals surface area contributed by atoms with Gasteiger partial charge in [0, 0.05) is 17.9 Å². The van der Waals surface area contributed by atoms with Crippen molar-refractivity contribution in [1.29, 1.82) is 0 Å². The Balaban J connectivity index is 1.82. The third-order valence-corrected chi connectivity index (χ3v) is 7.62. The van der Waals surface area contributed by atoms with E-state index in [1.165, 1.54) is 7.11 Å². The van der Waals surface area contributed by atoms with Gasteiger partial charge >= 0.3 is 5.97 Å². The Kier molecular flexibility index (Phi) is 11.9. The first kappa shape index (κ1) is 30.2. The maximum atomic E-state index is 13.6. The average Bonchev–Trinajstić information content (AvgIpc) is 3.36. The van der Waals surface area contributed by atoms with E-state index in [0.29, 0.717) is 32.4 Å². The Bertz CT molecular complexity index is 1050. The molecule has 9 nitrogen and oxygen atoms in total. The smallest absolute Gasteiger partial charge is 0.305 e. The highest BCUT2D eigenvalue weighted by atomic mass is 16.6. The molecule has 0 radical (unpaired) electrons. The van der Waals surface area contributed by atoms with Crippen LogP contribution in [0, 0.1) is 22.0 Å². The van der Waals surface area contributed by atoms with Crippen molar-refractivity contribution in [3.05, 3.63) is 81.9 Å². The quantitative estimate of drug-likeness (QED) is 0.149. The Morgan fingerprint density at radius 1 is 1.05 bits per heavy atom. The average molecular weight is 540 g/mol. The Morgan fingerprint density at radius 2 is 1.72 bits per heavy atom. The van der Waals surface area contributed by atoms with E-state index in [2.05, 4.69) is 15.4 Å². The summed E-state index contributed by atoms with van der Waals surface area (Å²) < 4.78 is 11.1. The van der Waals surface area contributed by atoms with Crippen LogP contribution in [0.3, 0.4) is 0 Å². The van der Waals surface area contributed by atoms with Crippen molar-refractivity contribution in [2.24, 2.45) is 11.8 Å². The Labute approximate surface area is 230 Å². The molecule has 0 spiro atoms. The van der Waals surface area contributed by atoms with Crippen LogP contribution in [-0.2, 0) is 25.7 Å². The Morgan fingerprint density at radius 3 is 2.33 bits per heavy atom. The fourth-order valence-corrected chi connectivity index (χ4v) is 5.32. The van der Waals surface area contributed by atoms with E-state index in [1.807, 2.05) is 74.5 Å². The third kappa shape index (κ3) is 8.34. The first-order valence-electron chi connectivity index (χ1n) is 13.8. The van der Waals surface area contributed by atoms with Gasteiger partial charge in [0.25, 0.3) is 0 Å². The molecule has 3 unspecified atom stereocenters. The van der Waals surface area contributed by atoms with Crippen LogP contribution in [0.5, 0.6) is 0 Å². The van der Waals surface area contributed by atoms with Crippen molar-refractivity contribution in [1.82, 2.24) is 10.6 Å². The van der Waals surface area contributed by atoms with Crippen molar-refractivity contribution in [2.75, 3.05) is 13.7 Å². The standard InChI is InChI=1S/C30H41N3O6/c1-4-21(2)29(39-20-22-14-8-5-9-15-22)25-27(30(35)31-19-13-7-12-18-24(34)38-3)32-26(28(25)33(36)37)23-16-10-6-11-17-23/h5-6,8-11,14-17,21,25-29,32H,4,7,12-13,18-20H2,1-3H3,(H,31,35)/t21-,25?,26-,27-,28?,29?/m0/s1. The molecular weight excluding hydrogens is 498 g/mol. The van der Waals surface area contributed by atoms with Crippen LogP contribution in [0.4, 0.5) is 0 Å². The van der Waals surface area contributed by atoms with Crippen LogP contribution in [0.25, 0.3) is 0 Å². The zero-order chi connectivity index (χ0) is 28.2. The fraction of sp³-hybridized carbons (Fsp3) is 0.533. The molecule has 1 aliphatic rings. The molecule has 1 saturated heterocycles. The number of methoxy groups -OCH3 is 1. The number of amides is 1. The molecule has 6 atom stereocenters. The second-order valence-corrected chi connectivity index (χ2v) is 10.2. The van der Waals surface area contributed by atoms with Gasteiger partial charge in [0.15, 0.2) is 0 Å². The number of nitrogens with zero attached hydrogens (tertiary/aromatic N) is 1. The van der Waals surface area contributed by atoms with Crippen molar-refractivity contribution < 1.29 is 24.0 Å². The van der Waals surface area contributed by atoms with Gasteiger partial charge in [0.2, 0.25) is 11.9 Å². The Hall–Kier alpha value is -3.30. The number of benzene rings is 2. The zero-order valence-electron chi connectivity index (χ0n) is 23.1. The van der Waals surface area contributed by atoms with E-state index in [-0.39, 0.29) is 22.7 Å². The minimum atomic E-state index is -1.04. The highest BCUT2D eigenvalue weighted by molar-refractivity contribution is 5.83. The number of nitro groups is 1. The number of carbonyl (C=O) groups is 2. The summed E-state index contributed by atoms with van der Waals surface area (Å²) in [6, 6.07) is 16.5. The second kappa shape index (κ2) is 15.3. The minimum absolute atomic E-state index is 0.00823. The molecule has 3 rings (SSSR count). The first-order valence-corrected chi connectivity index (χ1v) is 13.8. The number of unbranched alkanes of at least 4 members (excludes halogenated alkanes) is 2. The normalized spacial score (nSPS) is 22.1. The first-order chi connectivity index (χ1) is 18.9. The van der Waals surface area contributed by atoms with Crippen molar-refractivity contribution >= 4 is 11.9 Å². The highest BCUT2D eigenvalue weighted by Gasteiger charge is 2.57. The van der Waals surface area contributed by atoms with Gasteiger partial charge < -0.3 is 14.8 Å². The van der Waals surface area contributed by atoms with Gasteiger partial charge in [0.1, 0.15) is 6.04 Å². The summed E-state index contributed by atoms with van der Waals surface area (Å²) in [5.41, 5.74) is 1.75. The molecule has 9 heteroatoms. The molecule has 2 N–H and O–H groups in total. The second-order valence-electron chi connectivity index (χ2n) is 10.2. The lowest BCUT2D eigenvalue weighted by atomic mass is 9.80. The van der Waals surface area contributed by atoms with Gasteiger partial charge in [-0.3, -0.25) is 25.0 Å². The number of carbonyl (C=O) groups excluding carboxylic acids is 2. The highest BCUT2D eigenvalue weighted by Crippen LogP contribution is 2.39. The van der Waals surface area contributed by atoms with Gasteiger partial charge in [-0.2, -0.15) is 0 Å². The molecule has 2 aromatic rings. The molecule has 0 aromatic heterocycles. The minimum Gasteiger partial charge on any atom is -0.469 e. The summed E-state index contributed by atoms with van der Waals surface area (Å²) in [5.74, 6) is -1.20. The summed E-state index contributed by atoms with van der Waals surface area (Å²) in [5, 5.41) is 18.9. The van der Waals surface area contributed by atoms with Gasteiger partial charge in [-0.1, -0.05) is 87.4 Å². The van der Waals surface area contributed by atoms with Gasteiger partial charge in [-0.25, -0.2) is 0 Å². The topological polar surface area (TPSA) is 120 Å². The molecule has 1 fully saturated rings. The molecule has 1 amide bonds. The summed E-state index contributed by atoms with van der Waals surface area (Å²) in [6.45, 7) is 4.79. The van der Waals surface area contributed by atoms with Crippen LogP contribution in [-0.4, -0.2) is 48.6 Å². The summed E-state index contributed by atoms with van der Waals surface area (Å²) in [7, 11) is 1.37.